The maximum atomic E-state index is 4.16. The summed E-state index contributed by atoms with van der Waals surface area (Å²) in [6.07, 6.45) is 5.73. The smallest absolute Gasteiger partial charge is 0.0492 e. The Bertz CT molecular complexity index is 292. The van der Waals surface area contributed by atoms with Gasteiger partial charge < -0.3 is 5.32 Å². The quantitative estimate of drug-likeness (QED) is 0.769. The zero-order chi connectivity index (χ0) is 10.5. The molecule has 1 saturated heterocycles. The van der Waals surface area contributed by atoms with Crippen molar-refractivity contribution in [2.45, 2.75) is 24.5 Å². The van der Waals surface area contributed by atoms with E-state index in [1.807, 2.05) is 17.9 Å². The van der Waals surface area contributed by atoms with Gasteiger partial charge in [0.05, 0.1) is 0 Å². The van der Waals surface area contributed by atoms with E-state index in [1.165, 1.54) is 30.8 Å². The maximum Gasteiger partial charge on any atom is 0.0492 e. The summed E-state index contributed by atoms with van der Waals surface area (Å²) in [5.41, 5.74) is 1.31. The van der Waals surface area contributed by atoms with E-state index in [2.05, 4.69) is 28.2 Å². The molecule has 0 aliphatic carbocycles. The Kier molecular flexibility index (Phi) is 4.09. The fourth-order valence-corrected chi connectivity index (χ4v) is 3.17. The van der Waals surface area contributed by atoms with Gasteiger partial charge in [-0.1, -0.05) is 0 Å². The van der Waals surface area contributed by atoms with Gasteiger partial charge in [-0.25, -0.2) is 0 Å². The van der Waals surface area contributed by atoms with E-state index in [0.717, 1.165) is 18.2 Å². The van der Waals surface area contributed by atoms with Gasteiger partial charge in [-0.3, -0.25) is 4.68 Å². The first kappa shape index (κ1) is 11.0. The molecule has 2 rings (SSSR count). The molecule has 0 bridgehead atoms. The lowest BCUT2D eigenvalue weighted by atomic mass is 10.2. The summed E-state index contributed by atoms with van der Waals surface area (Å²) in [5, 5.41) is 8.55. The molecule has 0 radical (unpaired) electrons. The summed E-state index contributed by atoms with van der Waals surface area (Å²) in [6, 6.07) is 2.09. The van der Waals surface area contributed by atoms with E-state index in [4.69, 9.17) is 0 Å². The minimum absolute atomic E-state index is 0.858. The fourth-order valence-electron chi connectivity index (χ4n) is 1.93. The van der Waals surface area contributed by atoms with Gasteiger partial charge in [0.1, 0.15) is 0 Å². The number of aromatic nitrogens is 2. The molecule has 4 heteroatoms. The van der Waals surface area contributed by atoms with Crippen molar-refractivity contribution < 1.29 is 0 Å². The van der Waals surface area contributed by atoms with Gasteiger partial charge in [0.15, 0.2) is 0 Å². The molecule has 0 amide bonds. The summed E-state index contributed by atoms with van der Waals surface area (Å²) in [7, 11) is 2.00. The first-order valence-electron chi connectivity index (χ1n) is 5.65. The predicted octanol–water partition coefficient (Wildman–Crippen LogP) is 1.45. The van der Waals surface area contributed by atoms with Crippen molar-refractivity contribution in [3.8, 4) is 0 Å². The minimum Gasteiger partial charge on any atom is -0.315 e. The monoisotopic (exact) mass is 225 g/mol. The van der Waals surface area contributed by atoms with Crippen LogP contribution in [0, 0.1) is 0 Å². The highest BCUT2D eigenvalue weighted by Crippen LogP contribution is 2.25. The highest BCUT2D eigenvalue weighted by Gasteiger charge is 2.14. The molecule has 1 atom stereocenters. The van der Waals surface area contributed by atoms with Crippen LogP contribution < -0.4 is 5.32 Å². The highest BCUT2D eigenvalue weighted by atomic mass is 32.2. The van der Waals surface area contributed by atoms with E-state index < -0.39 is 0 Å². The first-order valence-corrected chi connectivity index (χ1v) is 6.70. The fraction of sp³-hybridized carbons (Fsp3) is 0.727. The zero-order valence-electron chi connectivity index (χ0n) is 9.28. The van der Waals surface area contributed by atoms with E-state index in [1.54, 1.807) is 0 Å². The van der Waals surface area contributed by atoms with Crippen molar-refractivity contribution in [2.24, 2.45) is 7.05 Å². The molecule has 1 aromatic heterocycles. The van der Waals surface area contributed by atoms with Crippen LogP contribution in [0.25, 0.3) is 0 Å². The summed E-state index contributed by atoms with van der Waals surface area (Å²) in [6.45, 7) is 2.24. The van der Waals surface area contributed by atoms with Crippen LogP contribution in [0.3, 0.4) is 0 Å². The molecule has 1 unspecified atom stereocenters. The van der Waals surface area contributed by atoms with E-state index in [-0.39, 0.29) is 0 Å². The SMILES string of the molecule is Cn1nccc1CCNCC1CCCS1. The van der Waals surface area contributed by atoms with Crippen LogP contribution in [0.4, 0.5) is 0 Å². The second-order valence-electron chi connectivity index (χ2n) is 4.04. The molecule has 1 N–H and O–H groups in total. The summed E-state index contributed by atoms with van der Waals surface area (Å²) in [5.74, 6) is 1.36. The number of rotatable bonds is 5. The van der Waals surface area contributed by atoms with E-state index >= 15 is 0 Å². The average Bonchev–Trinajstić information content (AvgIpc) is 2.85. The van der Waals surface area contributed by atoms with E-state index in [9.17, 15) is 0 Å². The molecule has 0 spiro atoms. The largest absolute Gasteiger partial charge is 0.315 e. The maximum absolute atomic E-state index is 4.16. The molecular formula is C11H19N3S. The third-order valence-corrected chi connectivity index (χ3v) is 4.27. The van der Waals surface area contributed by atoms with Crippen LogP contribution in [0.5, 0.6) is 0 Å². The lowest BCUT2D eigenvalue weighted by molar-refractivity contribution is 0.621. The number of hydrogen-bond acceptors (Lipinski definition) is 3. The highest BCUT2D eigenvalue weighted by molar-refractivity contribution is 8.00. The topological polar surface area (TPSA) is 29.9 Å². The molecule has 1 fully saturated rings. The Labute approximate surface area is 95.6 Å². The molecule has 0 saturated carbocycles. The van der Waals surface area contributed by atoms with Gasteiger partial charge in [-0.2, -0.15) is 16.9 Å². The Hall–Kier alpha value is -0.480. The summed E-state index contributed by atoms with van der Waals surface area (Å²) < 4.78 is 1.95. The van der Waals surface area contributed by atoms with Gasteiger partial charge in [0, 0.05) is 43.7 Å². The lowest BCUT2D eigenvalue weighted by Crippen LogP contribution is -2.25. The van der Waals surface area contributed by atoms with E-state index in [0.29, 0.717) is 0 Å². The minimum atomic E-state index is 0.858. The van der Waals surface area contributed by atoms with Crippen molar-refractivity contribution in [3.63, 3.8) is 0 Å². The molecule has 15 heavy (non-hydrogen) atoms. The van der Waals surface area contributed by atoms with Gasteiger partial charge in [0.2, 0.25) is 0 Å². The summed E-state index contributed by atoms with van der Waals surface area (Å²) in [4.78, 5) is 0. The molecule has 1 aliphatic rings. The van der Waals surface area contributed by atoms with Crippen LogP contribution >= 0.6 is 11.8 Å². The number of thioether (sulfide) groups is 1. The Morgan fingerprint density at radius 2 is 2.60 bits per heavy atom. The standard InChI is InChI=1S/C11H19N3S/c1-14-10(5-7-13-14)4-6-12-9-11-3-2-8-15-11/h5,7,11-12H,2-4,6,8-9H2,1H3. The van der Waals surface area contributed by atoms with Gasteiger partial charge in [0.25, 0.3) is 0 Å². The predicted molar refractivity (Wildman–Crippen MR) is 65.3 cm³/mol. The van der Waals surface area contributed by atoms with Gasteiger partial charge in [-0.05, 0) is 24.7 Å². The molecule has 84 valence electrons. The second-order valence-corrected chi connectivity index (χ2v) is 5.44. The van der Waals surface area contributed by atoms with Crippen LogP contribution in [0.15, 0.2) is 12.3 Å². The average molecular weight is 225 g/mol. The number of aryl methyl sites for hydroxylation is 1. The van der Waals surface area contributed by atoms with Gasteiger partial charge in [-0.15, -0.1) is 0 Å². The molecule has 1 aromatic rings. The van der Waals surface area contributed by atoms with Crippen molar-refractivity contribution in [2.75, 3.05) is 18.8 Å². The van der Waals surface area contributed by atoms with Crippen molar-refractivity contribution in [1.29, 1.82) is 0 Å². The van der Waals surface area contributed by atoms with Crippen LogP contribution in [-0.2, 0) is 13.5 Å². The number of nitrogens with one attached hydrogen (secondary N) is 1. The number of nitrogens with zero attached hydrogens (tertiary/aromatic N) is 2. The Balaban J connectivity index is 1.60. The second kappa shape index (κ2) is 5.56. The van der Waals surface area contributed by atoms with Crippen molar-refractivity contribution in [3.05, 3.63) is 18.0 Å². The Morgan fingerprint density at radius 3 is 3.27 bits per heavy atom. The van der Waals surface area contributed by atoms with Crippen molar-refractivity contribution in [1.82, 2.24) is 15.1 Å². The normalized spacial score (nSPS) is 21.0. The van der Waals surface area contributed by atoms with Crippen LogP contribution in [-0.4, -0.2) is 33.9 Å². The molecule has 2 heterocycles. The Morgan fingerprint density at radius 1 is 1.67 bits per heavy atom. The molecule has 0 aromatic carbocycles. The van der Waals surface area contributed by atoms with Crippen LogP contribution in [0.1, 0.15) is 18.5 Å². The van der Waals surface area contributed by atoms with Crippen molar-refractivity contribution >= 4 is 11.8 Å². The number of hydrogen-bond donors (Lipinski definition) is 1. The molecule has 1 aliphatic heterocycles. The molecule has 3 nitrogen and oxygen atoms in total. The third-order valence-electron chi connectivity index (χ3n) is 2.88. The zero-order valence-corrected chi connectivity index (χ0v) is 10.1. The first-order chi connectivity index (χ1) is 7.36. The van der Waals surface area contributed by atoms with Gasteiger partial charge >= 0.3 is 0 Å². The van der Waals surface area contributed by atoms with Crippen LogP contribution in [0.2, 0.25) is 0 Å². The molecular weight excluding hydrogens is 206 g/mol. The lowest BCUT2D eigenvalue weighted by Gasteiger charge is -2.09. The summed E-state index contributed by atoms with van der Waals surface area (Å²) >= 11 is 2.11. The third kappa shape index (κ3) is 3.24.